The molecule has 1 heterocycles. The summed E-state index contributed by atoms with van der Waals surface area (Å²) < 4.78 is 4.83. The Kier molecular flexibility index (Phi) is 5.10. The van der Waals surface area contributed by atoms with Crippen LogP contribution in [-0.4, -0.2) is 29.8 Å². The minimum atomic E-state index is -2.02. The van der Waals surface area contributed by atoms with E-state index in [4.69, 9.17) is 11.3 Å². The Balaban J connectivity index is 2.07. The number of amides is 2. The summed E-state index contributed by atoms with van der Waals surface area (Å²) in [5.41, 5.74) is -1.83. The molecule has 0 N–H and O–H groups in total. The molecule has 1 aliphatic heterocycles. The van der Waals surface area contributed by atoms with E-state index >= 15 is 0 Å². The molecule has 0 aromatic heterocycles. The third-order valence-electron chi connectivity index (χ3n) is 4.86. The second-order valence-corrected chi connectivity index (χ2v) is 6.33. The summed E-state index contributed by atoms with van der Waals surface area (Å²) in [4.78, 5) is 53.0. The van der Waals surface area contributed by atoms with Crippen LogP contribution in [0.5, 0.6) is 0 Å². The van der Waals surface area contributed by atoms with Crippen LogP contribution in [0.25, 0.3) is 4.85 Å². The van der Waals surface area contributed by atoms with Crippen molar-refractivity contribution in [3.8, 4) is 0 Å². The van der Waals surface area contributed by atoms with Crippen LogP contribution in [0.4, 0.5) is 11.4 Å². The van der Waals surface area contributed by atoms with Gasteiger partial charge in [-0.15, -0.1) is 0 Å². The smallest absolute Gasteiger partial charge is 0.399 e. The second-order valence-electron chi connectivity index (χ2n) is 6.33. The number of benzene rings is 2. The largest absolute Gasteiger partial charge is 0.463 e. The lowest BCUT2D eigenvalue weighted by atomic mass is 9.77. The summed E-state index contributed by atoms with van der Waals surface area (Å²) in [7, 11) is 1.11. The molecule has 3 rings (SSSR count). The Morgan fingerprint density at radius 1 is 1.21 bits per heavy atom. The van der Waals surface area contributed by atoms with Crippen molar-refractivity contribution in [1.82, 2.24) is 0 Å². The highest BCUT2D eigenvalue weighted by atomic mass is 16.6. The van der Waals surface area contributed by atoms with Crippen molar-refractivity contribution in [2.75, 3.05) is 12.0 Å². The lowest BCUT2D eigenvalue weighted by molar-refractivity contribution is -0.384. The highest BCUT2D eigenvalue weighted by molar-refractivity contribution is 6.22. The molecule has 1 saturated heterocycles. The Morgan fingerprint density at radius 2 is 1.83 bits per heavy atom. The highest BCUT2D eigenvalue weighted by Gasteiger charge is 2.63. The SMILES string of the molecule is [C-]#[N+][C@](C(=O)OC)(c1ccccc1)[C@H]1CC(=O)N(c2ccc([N+](=O)[O-])cc2)C1=O. The third kappa shape index (κ3) is 3.10. The first-order valence-corrected chi connectivity index (χ1v) is 8.50. The number of hydrogen-bond donors (Lipinski definition) is 0. The number of carbonyl (C=O) groups is 3. The lowest BCUT2D eigenvalue weighted by Crippen LogP contribution is -2.45. The van der Waals surface area contributed by atoms with Gasteiger partial charge in [-0.3, -0.25) is 24.5 Å². The number of methoxy groups -OCH3 is 1. The Hall–Kier alpha value is -4.06. The molecule has 9 nitrogen and oxygen atoms in total. The van der Waals surface area contributed by atoms with E-state index in [1.165, 1.54) is 36.4 Å². The van der Waals surface area contributed by atoms with Crippen molar-refractivity contribution in [2.45, 2.75) is 12.0 Å². The molecule has 2 atom stereocenters. The maximum atomic E-state index is 13.2. The molecule has 0 radical (unpaired) electrons. The zero-order chi connectivity index (χ0) is 21.2. The summed E-state index contributed by atoms with van der Waals surface area (Å²) in [6.45, 7) is 7.71. The molecule has 0 bridgehead atoms. The number of imide groups is 1. The van der Waals surface area contributed by atoms with Crippen LogP contribution in [-0.2, 0) is 24.7 Å². The van der Waals surface area contributed by atoms with Gasteiger partial charge in [-0.05, 0) is 12.1 Å². The van der Waals surface area contributed by atoms with Gasteiger partial charge in [0.25, 0.3) is 5.69 Å². The van der Waals surface area contributed by atoms with E-state index < -0.39 is 34.2 Å². The van der Waals surface area contributed by atoms with Crippen molar-refractivity contribution in [3.05, 3.63) is 81.7 Å². The molecule has 0 unspecified atom stereocenters. The predicted molar refractivity (Wildman–Crippen MR) is 100 cm³/mol. The van der Waals surface area contributed by atoms with Crippen LogP contribution in [0.15, 0.2) is 54.6 Å². The number of anilines is 1. The molecule has 9 heteroatoms. The van der Waals surface area contributed by atoms with Crippen LogP contribution < -0.4 is 4.90 Å². The minimum Gasteiger partial charge on any atom is -0.463 e. The maximum Gasteiger partial charge on any atom is 0.399 e. The monoisotopic (exact) mass is 393 g/mol. The predicted octanol–water partition coefficient (Wildman–Crippen LogP) is 2.46. The lowest BCUT2D eigenvalue weighted by Gasteiger charge is -2.24. The first-order chi connectivity index (χ1) is 13.9. The molecule has 1 fully saturated rings. The Labute approximate surface area is 165 Å². The van der Waals surface area contributed by atoms with E-state index in [0.717, 1.165) is 12.0 Å². The zero-order valence-corrected chi connectivity index (χ0v) is 15.3. The van der Waals surface area contributed by atoms with Crippen molar-refractivity contribution < 1.29 is 24.0 Å². The average molecular weight is 393 g/mol. The molecular weight excluding hydrogens is 378 g/mol. The molecule has 2 amide bonds. The fourth-order valence-electron chi connectivity index (χ4n) is 3.45. The number of esters is 1. The Bertz CT molecular complexity index is 1030. The summed E-state index contributed by atoms with van der Waals surface area (Å²) in [6.07, 6.45) is -0.373. The fraction of sp³-hybridized carbons (Fsp3) is 0.200. The molecule has 0 spiro atoms. The van der Waals surface area contributed by atoms with Gasteiger partial charge < -0.3 is 4.74 Å². The number of nitrogens with zero attached hydrogens (tertiary/aromatic N) is 3. The van der Waals surface area contributed by atoms with Crippen molar-refractivity contribution in [3.63, 3.8) is 0 Å². The van der Waals surface area contributed by atoms with Gasteiger partial charge >= 0.3 is 11.5 Å². The quantitative estimate of drug-likeness (QED) is 0.254. The fourth-order valence-corrected chi connectivity index (χ4v) is 3.45. The van der Waals surface area contributed by atoms with Crippen molar-refractivity contribution in [1.29, 1.82) is 0 Å². The van der Waals surface area contributed by atoms with Gasteiger partial charge in [0.2, 0.25) is 11.8 Å². The molecule has 2 aromatic rings. The van der Waals surface area contributed by atoms with Crippen LogP contribution in [0.1, 0.15) is 12.0 Å². The van der Waals surface area contributed by atoms with Gasteiger partial charge in [0, 0.05) is 24.1 Å². The van der Waals surface area contributed by atoms with Gasteiger partial charge in [-0.25, -0.2) is 16.3 Å². The molecule has 146 valence electrons. The summed E-state index contributed by atoms with van der Waals surface area (Å²) >= 11 is 0. The van der Waals surface area contributed by atoms with Crippen LogP contribution >= 0.6 is 0 Å². The third-order valence-corrected chi connectivity index (χ3v) is 4.86. The zero-order valence-electron chi connectivity index (χ0n) is 15.3. The van der Waals surface area contributed by atoms with E-state index in [2.05, 4.69) is 4.85 Å². The van der Waals surface area contributed by atoms with Crippen LogP contribution in [0.3, 0.4) is 0 Å². The van der Waals surface area contributed by atoms with Gasteiger partial charge in [0.05, 0.1) is 17.7 Å². The van der Waals surface area contributed by atoms with Gasteiger partial charge in [-0.1, -0.05) is 30.3 Å². The van der Waals surface area contributed by atoms with Gasteiger partial charge in [0.1, 0.15) is 5.92 Å². The number of rotatable bonds is 5. The van der Waals surface area contributed by atoms with E-state index in [1.807, 2.05) is 0 Å². The van der Waals surface area contributed by atoms with Gasteiger partial charge in [0.15, 0.2) is 0 Å². The molecule has 2 aromatic carbocycles. The number of carbonyl (C=O) groups excluding carboxylic acids is 3. The summed E-state index contributed by atoms with van der Waals surface area (Å²) in [6, 6.07) is 12.9. The van der Waals surface area contributed by atoms with E-state index in [0.29, 0.717) is 0 Å². The molecule has 0 aliphatic carbocycles. The molecule has 29 heavy (non-hydrogen) atoms. The van der Waals surface area contributed by atoms with Crippen LogP contribution in [0, 0.1) is 22.6 Å². The van der Waals surface area contributed by atoms with E-state index in [-0.39, 0.29) is 23.4 Å². The summed E-state index contributed by atoms with van der Waals surface area (Å²) in [5, 5.41) is 10.8. The van der Waals surface area contributed by atoms with Gasteiger partial charge in [-0.2, -0.15) is 0 Å². The Morgan fingerprint density at radius 3 is 2.34 bits per heavy atom. The second kappa shape index (κ2) is 7.52. The van der Waals surface area contributed by atoms with Crippen molar-refractivity contribution >= 4 is 29.2 Å². The normalized spacial score (nSPS) is 18.1. The topological polar surface area (TPSA) is 111 Å². The number of ether oxygens (including phenoxy) is 1. The summed E-state index contributed by atoms with van der Waals surface area (Å²) in [5.74, 6) is -3.58. The number of hydrogen-bond acceptors (Lipinski definition) is 6. The van der Waals surface area contributed by atoms with E-state index in [1.54, 1.807) is 18.2 Å². The van der Waals surface area contributed by atoms with Crippen LogP contribution in [0.2, 0.25) is 0 Å². The molecule has 0 saturated carbocycles. The maximum absolute atomic E-state index is 13.2. The highest BCUT2D eigenvalue weighted by Crippen LogP contribution is 2.43. The average Bonchev–Trinajstić information content (AvgIpc) is 3.04. The van der Waals surface area contributed by atoms with Crippen molar-refractivity contribution in [2.24, 2.45) is 5.92 Å². The molecular formula is C20H15N3O6. The minimum absolute atomic E-state index is 0.130. The number of nitro groups is 1. The molecule has 1 aliphatic rings. The number of nitro benzene ring substituents is 1. The number of non-ortho nitro benzene ring substituents is 1. The standard InChI is InChI=1S/C20H15N3O6/c1-21-20(19(26)29-2,13-6-4-3-5-7-13)16-12-17(24)22(18(16)25)14-8-10-15(11-9-14)23(27)28/h3-11,16H,12H2,2H3/t16-,20+/m0/s1. The first kappa shape index (κ1) is 19.7. The first-order valence-electron chi connectivity index (χ1n) is 8.50. The van der Waals surface area contributed by atoms with E-state index in [9.17, 15) is 24.5 Å².